The average molecular weight is 429 g/mol. The predicted molar refractivity (Wildman–Crippen MR) is 114 cm³/mol. The molecule has 2 N–H and O–H groups in total. The number of carbonyl (C=O) groups is 1. The van der Waals surface area contributed by atoms with Gasteiger partial charge in [-0.25, -0.2) is 13.4 Å². The molecule has 0 atom stereocenters. The number of hydrogen-bond acceptors (Lipinski definition) is 5. The van der Waals surface area contributed by atoms with Gasteiger partial charge in [0.1, 0.15) is 5.75 Å². The number of rotatable bonds is 10. The lowest BCUT2D eigenvalue weighted by atomic mass is 10.2. The maximum absolute atomic E-state index is 12.5. The van der Waals surface area contributed by atoms with E-state index in [-0.39, 0.29) is 17.4 Å². The minimum absolute atomic E-state index is 0.111. The molecule has 2 aromatic carbocycles. The molecule has 0 spiro atoms. The number of benzene rings is 2. The highest BCUT2D eigenvalue weighted by Gasteiger charge is 2.14. The van der Waals surface area contributed by atoms with Gasteiger partial charge in [-0.05, 0) is 49.7 Å². The summed E-state index contributed by atoms with van der Waals surface area (Å²) >= 11 is 0. The van der Waals surface area contributed by atoms with Gasteiger partial charge >= 0.3 is 0 Å². The molecular weight excluding hydrogens is 404 g/mol. The number of ether oxygens (including phenoxy) is 1. The second-order valence-corrected chi connectivity index (χ2v) is 8.42. The number of carbonyl (C=O) groups excluding carboxylic acids is 1. The molecule has 1 heterocycles. The second-order valence-electron chi connectivity index (χ2n) is 6.74. The fraction of sp³-hybridized carbons (Fsp3) is 0.238. The smallest absolute Gasteiger partial charge is 0.261 e. The van der Waals surface area contributed by atoms with Crippen molar-refractivity contribution in [3.05, 3.63) is 72.8 Å². The Labute approximate surface area is 176 Å². The standard InChI is InChI=1S/C21H24N4O4S/c1-17-3-5-18(6-4-17)24-30(27,28)20-9-7-19(8-10-20)29-15-21(26)23-11-2-13-25-14-12-22-16-25/h3-10,12,14,16,24H,2,11,13,15H2,1H3,(H,23,26). The van der Waals surface area contributed by atoms with Crippen LogP contribution in [0.25, 0.3) is 0 Å². The molecule has 1 amide bonds. The molecule has 30 heavy (non-hydrogen) atoms. The van der Waals surface area contributed by atoms with E-state index in [1.54, 1.807) is 24.7 Å². The normalized spacial score (nSPS) is 11.1. The van der Waals surface area contributed by atoms with E-state index >= 15 is 0 Å². The number of hydrogen-bond donors (Lipinski definition) is 2. The molecule has 0 saturated heterocycles. The highest BCUT2D eigenvalue weighted by molar-refractivity contribution is 7.92. The van der Waals surface area contributed by atoms with Gasteiger partial charge in [0.15, 0.2) is 6.61 Å². The van der Waals surface area contributed by atoms with Gasteiger partial charge in [0.05, 0.1) is 11.2 Å². The molecule has 3 aromatic rings. The van der Waals surface area contributed by atoms with E-state index in [4.69, 9.17) is 4.74 Å². The Balaban J connectivity index is 1.44. The van der Waals surface area contributed by atoms with Crippen molar-refractivity contribution in [3.8, 4) is 5.75 Å². The largest absolute Gasteiger partial charge is 0.484 e. The third-order valence-electron chi connectivity index (χ3n) is 4.28. The molecule has 8 nitrogen and oxygen atoms in total. The van der Waals surface area contributed by atoms with Gasteiger partial charge in [0.25, 0.3) is 15.9 Å². The summed E-state index contributed by atoms with van der Waals surface area (Å²) in [6.07, 6.45) is 6.08. The zero-order valence-electron chi connectivity index (χ0n) is 16.6. The fourth-order valence-electron chi connectivity index (χ4n) is 2.66. The maximum Gasteiger partial charge on any atom is 0.261 e. The first-order valence-corrected chi connectivity index (χ1v) is 11.0. The van der Waals surface area contributed by atoms with Gasteiger partial charge < -0.3 is 14.6 Å². The highest BCUT2D eigenvalue weighted by atomic mass is 32.2. The molecule has 3 rings (SSSR count). The van der Waals surface area contributed by atoms with E-state index in [0.29, 0.717) is 18.0 Å². The van der Waals surface area contributed by atoms with Gasteiger partial charge in [-0.2, -0.15) is 0 Å². The van der Waals surface area contributed by atoms with E-state index in [1.165, 1.54) is 24.3 Å². The molecular formula is C21H24N4O4S. The summed E-state index contributed by atoms with van der Waals surface area (Å²) < 4.78 is 34.8. The first-order chi connectivity index (χ1) is 14.4. The third-order valence-corrected chi connectivity index (χ3v) is 5.68. The SMILES string of the molecule is Cc1ccc(NS(=O)(=O)c2ccc(OCC(=O)NCCCn3ccnc3)cc2)cc1. The predicted octanol–water partition coefficient (Wildman–Crippen LogP) is 2.58. The Morgan fingerprint density at radius 3 is 2.50 bits per heavy atom. The summed E-state index contributed by atoms with van der Waals surface area (Å²) in [6, 6.07) is 13.0. The Morgan fingerprint density at radius 2 is 1.83 bits per heavy atom. The lowest BCUT2D eigenvalue weighted by Crippen LogP contribution is -2.30. The van der Waals surface area contributed by atoms with Crippen LogP contribution < -0.4 is 14.8 Å². The van der Waals surface area contributed by atoms with Gasteiger partial charge in [0, 0.05) is 31.2 Å². The van der Waals surface area contributed by atoms with Crippen LogP contribution in [-0.4, -0.2) is 37.0 Å². The van der Waals surface area contributed by atoms with Crippen LogP contribution in [0.2, 0.25) is 0 Å². The molecule has 1 aromatic heterocycles. The van der Waals surface area contributed by atoms with Crippen LogP contribution in [0.3, 0.4) is 0 Å². The van der Waals surface area contributed by atoms with E-state index < -0.39 is 10.0 Å². The number of imidazole rings is 1. The van der Waals surface area contributed by atoms with Crippen LogP contribution >= 0.6 is 0 Å². The quantitative estimate of drug-likeness (QED) is 0.483. The number of nitrogens with zero attached hydrogens (tertiary/aromatic N) is 2. The number of nitrogens with one attached hydrogen (secondary N) is 2. The van der Waals surface area contributed by atoms with Crippen molar-refractivity contribution in [2.75, 3.05) is 17.9 Å². The first-order valence-electron chi connectivity index (χ1n) is 9.47. The molecule has 0 unspecified atom stereocenters. The molecule has 0 fully saturated rings. The Kier molecular flexibility index (Phi) is 7.08. The van der Waals surface area contributed by atoms with E-state index in [1.807, 2.05) is 29.8 Å². The maximum atomic E-state index is 12.5. The number of aromatic nitrogens is 2. The van der Waals surface area contributed by atoms with Crippen LogP contribution in [0.5, 0.6) is 5.75 Å². The van der Waals surface area contributed by atoms with Crippen LogP contribution in [-0.2, 0) is 21.4 Å². The van der Waals surface area contributed by atoms with Gasteiger partial charge in [0.2, 0.25) is 0 Å². The summed E-state index contributed by atoms with van der Waals surface area (Å²) in [6.45, 7) is 3.09. The van der Waals surface area contributed by atoms with Crippen molar-refractivity contribution in [1.82, 2.24) is 14.9 Å². The van der Waals surface area contributed by atoms with Crippen molar-refractivity contribution in [3.63, 3.8) is 0 Å². The molecule has 0 aliphatic heterocycles. The van der Waals surface area contributed by atoms with Crippen molar-refractivity contribution in [2.24, 2.45) is 0 Å². The summed E-state index contributed by atoms with van der Waals surface area (Å²) in [5, 5.41) is 2.78. The molecule has 158 valence electrons. The minimum Gasteiger partial charge on any atom is -0.484 e. The fourth-order valence-corrected chi connectivity index (χ4v) is 3.72. The molecule has 0 radical (unpaired) electrons. The lowest BCUT2D eigenvalue weighted by Gasteiger charge is -2.10. The summed E-state index contributed by atoms with van der Waals surface area (Å²) in [5.74, 6) is 0.177. The molecule has 0 bridgehead atoms. The molecule has 0 aliphatic carbocycles. The third kappa shape index (κ3) is 6.35. The van der Waals surface area contributed by atoms with Crippen molar-refractivity contribution in [2.45, 2.75) is 24.8 Å². The zero-order chi connectivity index (χ0) is 21.4. The van der Waals surface area contributed by atoms with Crippen LogP contribution in [0, 0.1) is 6.92 Å². The average Bonchev–Trinajstić information content (AvgIpc) is 3.25. The topological polar surface area (TPSA) is 102 Å². The van der Waals surface area contributed by atoms with Crippen molar-refractivity contribution in [1.29, 1.82) is 0 Å². The van der Waals surface area contributed by atoms with Crippen LogP contribution in [0.1, 0.15) is 12.0 Å². The number of anilines is 1. The highest BCUT2D eigenvalue weighted by Crippen LogP contribution is 2.19. The van der Waals surface area contributed by atoms with E-state index in [2.05, 4.69) is 15.0 Å². The summed E-state index contributed by atoms with van der Waals surface area (Å²) in [4.78, 5) is 15.9. The minimum atomic E-state index is -3.70. The Bertz CT molecular complexity index is 1050. The number of aryl methyl sites for hydroxylation is 2. The van der Waals surface area contributed by atoms with Gasteiger partial charge in [-0.3, -0.25) is 9.52 Å². The Hall–Kier alpha value is -3.33. The molecule has 0 saturated carbocycles. The zero-order valence-corrected chi connectivity index (χ0v) is 17.4. The second kappa shape index (κ2) is 9.93. The van der Waals surface area contributed by atoms with Gasteiger partial charge in [-0.1, -0.05) is 17.7 Å². The van der Waals surface area contributed by atoms with Crippen LogP contribution in [0.15, 0.2) is 72.1 Å². The van der Waals surface area contributed by atoms with E-state index in [0.717, 1.165) is 18.5 Å². The van der Waals surface area contributed by atoms with Gasteiger partial charge in [-0.15, -0.1) is 0 Å². The lowest BCUT2D eigenvalue weighted by molar-refractivity contribution is -0.123. The summed E-state index contributed by atoms with van der Waals surface area (Å²) in [7, 11) is -3.70. The number of amides is 1. The molecule has 9 heteroatoms. The van der Waals surface area contributed by atoms with Crippen molar-refractivity contribution >= 4 is 21.6 Å². The monoisotopic (exact) mass is 428 g/mol. The summed E-state index contributed by atoms with van der Waals surface area (Å²) in [5.41, 5.74) is 1.53. The van der Waals surface area contributed by atoms with Crippen molar-refractivity contribution < 1.29 is 17.9 Å². The van der Waals surface area contributed by atoms with E-state index in [9.17, 15) is 13.2 Å². The first kappa shape index (κ1) is 21.4. The Morgan fingerprint density at radius 1 is 1.10 bits per heavy atom. The number of sulfonamides is 1. The molecule has 0 aliphatic rings. The van der Waals surface area contributed by atoms with Crippen LogP contribution in [0.4, 0.5) is 5.69 Å².